The molecule has 0 aromatic heterocycles. The number of carboxylic acid groups (broad SMARTS) is 1. The number of aliphatic carboxylic acids is 1. The van der Waals surface area contributed by atoms with Gasteiger partial charge in [-0.3, -0.25) is 4.79 Å². The van der Waals surface area contributed by atoms with Crippen LogP contribution in [0.1, 0.15) is 12.5 Å². The molecule has 0 saturated carbocycles. The third kappa shape index (κ3) is 3.74. The van der Waals surface area contributed by atoms with Gasteiger partial charge >= 0.3 is 5.97 Å². The number of ether oxygens (including phenoxy) is 2. The summed E-state index contributed by atoms with van der Waals surface area (Å²) in [4.78, 5) is 22.0. The van der Waals surface area contributed by atoms with Crippen LogP contribution in [-0.2, 0) is 9.59 Å². The molecule has 6 heteroatoms. The van der Waals surface area contributed by atoms with E-state index >= 15 is 0 Å². The first-order chi connectivity index (χ1) is 8.99. The molecule has 2 N–H and O–H groups in total. The molecule has 102 valence electrons. The van der Waals surface area contributed by atoms with Crippen molar-refractivity contribution < 1.29 is 24.2 Å². The van der Waals surface area contributed by atoms with Gasteiger partial charge in [-0.25, -0.2) is 4.79 Å². The number of carbonyl (C=O) groups is 2. The van der Waals surface area contributed by atoms with E-state index in [9.17, 15) is 9.59 Å². The largest absolute Gasteiger partial charge is 0.493 e. The van der Waals surface area contributed by atoms with Gasteiger partial charge in [-0.2, -0.15) is 0 Å². The number of benzene rings is 1. The van der Waals surface area contributed by atoms with Crippen molar-refractivity contribution in [2.24, 2.45) is 0 Å². The summed E-state index contributed by atoms with van der Waals surface area (Å²) in [6.45, 7) is 1.24. The molecule has 0 aliphatic carbocycles. The van der Waals surface area contributed by atoms with Crippen molar-refractivity contribution in [3.63, 3.8) is 0 Å². The zero-order valence-electron chi connectivity index (χ0n) is 10.9. The molecule has 0 aliphatic heterocycles. The van der Waals surface area contributed by atoms with Gasteiger partial charge in [0.2, 0.25) is 5.91 Å². The summed E-state index contributed by atoms with van der Waals surface area (Å²) >= 11 is 0. The van der Waals surface area contributed by atoms with Crippen molar-refractivity contribution in [2.75, 3.05) is 14.2 Å². The maximum atomic E-state index is 11.0. The first-order valence-electron chi connectivity index (χ1n) is 5.43. The fourth-order valence-corrected chi connectivity index (χ4v) is 1.52. The summed E-state index contributed by atoms with van der Waals surface area (Å²) < 4.78 is 10.3. The average Bonchev–Trinajstić information content (AvgIpc) is 2.36. The standard InChI is InChI=1S/C13H15NO5/c1-8(15)14-10(13(16)17)7-9-5-4-6-11(18-2)12(9)19-3/h4-7H,1-3H3,(H,14,15)(H,16,17)/b10-7-. The van der Waals surface area contributed by atoms with E-state index in [2.05, 4.69) is 5.32 Å². The minimum absolute atomic E-state index is 0.237. The van der Waals surface area contributed by atoms with Crippen LogP contribution in [0.2, 0.25) is 0 Å². The predicted octanol–water partition coefficient (Wildman–Crippen LogP) is 1.27. The van der Waals surface area contributed by atoms with Crippen LogP contribution in [0.5, 0.6) is 11.5 Å². The van der Waals surface area contributed by atoms with Crippen LogP contribution in [0.15, 0.2) is 23.9 Å². The van der Waals surface area contributed by atoms with Gasteiger partial charge in [-0.1, -0.05) is 12.1 Å². The molecule has 0 radical (unpaired) electrons. The average molecular weight is 265 g/mol. The molecule has 0 aliphatic rings. The highest BCUT2D eigenvalue weighted by Crippen LogP contribution is 2.31. The lowest BCUT2D eigenvalue weighted by Gasteiger charge is -2.11. The Morgan fingerprint density at radius 1 is 1.26 bits per heavy atom. The van der Waals surface area contributed by atoms with Gasteiger partial charge in [0.25, 0.3) is 0 Å². The van der Waals surface area contributed by atoms with Crippen LogP contribution < -0.4 is 14.8 Å². The summed E-state index contributed by atoms with van der Waals surface area (Å²) in [6.07, 6.45) is 1.31. The number of hydrogen-bond acceptors (Lipinski definition) is 4. The number of amides is 1. The molecule has 0 spiro atoms. The molecule has 6 nitrogen and oxygen atoms in total. The van der Waals surface area contributed by atoms with E-state index in [0.717, 1.165) is 0 Å². The molecule has 0 fully saturated rings. The van der Waals surface area contributed by atoms with E-state index in [1.807, 2.05) is 0 Å². The van der Waals surface area contributed by atoms with Gasteiger partial charge in [-0.15, -0.1) is 0 Å². The lowest BCUT2D eigenvalue weighted by Crippen LogP contribution is -2.24. The zero-order valence-corrected chi connectivity index (χ0v) is 10.9. The molecule has 0 unspecified atom stereocenters. The van der Waals surface area contributed by atoms with Gasteiger partial charge in [0.05, 0.1) is 14.2 Å². The van der Waals surface area contributed by atoms with E-state index in [-0.39, 0.29) is 5.70 Å². The van der Waals surface area contributed by atoms with Crippen molar-refractivity contribution in [1.29, 1.82) is 0 Å². The molecule has 1 aromatic rings. The summed E-state index contributed by atoms with van der Waals surface area (Å²) in [5, 5.41) is 11.3. The normalized spacial score (nSPS) is 10.8. The van der Waals surface area contributed by atoms with E-state index < -0.39 is 11.9 Å². The van der Waals surface area contributed by atoms with Crippen LogP contribution in [-0.4, -0.2) is 31.2 Å². The SMILES string of the molecule is COc1cccc(/C=C(\NC(C)=O)C(=O)O)c1OC. The summed E-state index contributed by atoms with van der Waals surface area (Å²) in [6, 6.07) is 5.04. The molecule has 1 amide bonds. The van der Waals surface area contributed by atoms with Crippen LogP contribution in [0, 0.1) is 0 Å². The lowest BCUT2D eigenvalue weighted by molar-refractivity contribution is -0.134. The van der Waals surface area contributed by atoms with Crippen LogP contribution in [0.4, 0.5) is 0 Å². The zero-order chi connectivity index (χ0) is 14.4. The Kier molecular flexibility index (Phi) is 4.93. The fourth-order valence-electron chi connectivity index (χ4n) is 1.52. The Labute approximate surface area is 110 Å². The third-order valence-corrected chi connectivity index (χ3v) is 2.27. The second kappa shape index (κ2) is 6.44. The van der Waals surface area contributed by atoms with Gasteiger partial charge < -0.3 is 19.9 Å². The van der Waals surface area contributed by atoms with Crippen molar-refractivity contribution in [3.8, 4) is 11.5 Å². The summed E-state index contributed by atoms with van der Waals surface area (Å²) in [7, 11) is 2.94. The molecule has 0 atom stereocenters. The molecular formula is C13H15NO5. The van der Waals surface area contributed by atoms with E-state index in [1.54, 1.807) is 18.2 Å². The van der Waals surface area contributed by atoms with Gasteiger partial charge in [-0.05, 0) is 12.1 Å². The number of carbonyl (C=O) groups excluding carboxylic acids is 1. The van der Waals surface area contributed by atoms with Crippen molar-refractivity contribution in [1.82, 2.24) is 5.32 Å². The monoisotopic (exact) mass is 265 g/mol. The Bertz CT molecular complexity index is 522. The maximum absolute atomic E-state index is 11.0. The molecular weight excluding hydrogens is 250 g/mol. The predicted molar refractivity (Wildman–Crippen MR) is 69.0 cm³/mol. The highest BCUT2D eigenvalue weighted by atomic mass is 16.5. The lowest BCUT2D eigenvalue weighted by atomic mass is 10.1. The molecule has 1 rings (SSSR count). The third-order valence-electron chi connectivity index (χ3n) is 2.27. The molecule has 0 saturated heterocycles. The first kappa shape index (κ1) is 14.6. The molecule has 1 aromatic carbocycles. The van der Waals surface area contributed by atoms with Crippen LogP contribution >= 0.6 is 0 Å². The van der Waals surface area contributed by atoms with Crippen LogP contribution in [0.3, 0.4) is 0 Å². The highest BCUT2D eigenvalue weighted by molar-refractivity contribution is 5.96. The summed E-state index contributed by atoms with van der Waals surface area (Å²) in [5.41, 5.74) is 0.257. The van der Waals surface area contributed by atoms with E-state index in [1.165, 1.54) is 27.2 Å². The maximum Gasteiger partial charge on any atom is 0.352 e. The van der Waals surface area contributed by atoms with Gasteiger partial charge in [0.15, 0.2) is 11.5 Å². The van der Waals surface area contributed by atoms with Crippen LogP contribution in [0.25, 0.3) is 6.08 Å². The Morgan fingerprint density at radius 3 is 2.42 bits per heavy atom. The minimum Gasteiger partial charge on any atom is -0.493 e. The minimum atomic E-state index is -1.24. The number of nitrogens with one attached hydrogen (secondary N) is 1. The Hall–Kier alpha value is -2.50. The number of carboxylic acids is 1. The van der Waals surface area contributed by atoms with Crippen molar-refractivity contribution in [3.05, 3.63) is 29.5 Å². The van der Waals surface area contributed by atoms with Gasteiger partial charge in [0, 0.05) is 12.5 Å². The quantitative estimate of drug-likeness (QED) is 0.783. The van der Waals surface area contributed by atoms with Crippen molar-refractivity contribution in [2.45, 2.75) is 6.92 Å². The Morgan fingerprint density at radius 2 is 1.95 bits per heavy atom. The molecule has 0 heterocycles. The topological polar surface area (TPSA) is 84.9 Å². The highest BCUT2D eigenvalue weighted by Gasteiger charge is 2.13. The summed E-state index contributed by atoms with van der Waals surface area (Å²) in [5.74, 6) is -0.825. The second-order valence-corrected chi connectivity index (χ2v) is 3.63. The van der Waals surface area contributed by atoms with E-state index in [4.69, 9.17) is 14.6 Å². The van der Waals surface area contributed by atoms with Crippen molar-refractivity contribution >= 4 is 18.0 Å². The Balaban J connectivity index is 3.27. The van der Waals surface area contributed by atoms with Gasteiger partial charge in [0.1, 0.15) is 5.70 Å². The number of methoxy groups -OCH3 is 2. The number of para-hydroxylation sites is 1. The van der Waals surface area contributed by atoms with E-state index in [0.29, 0.717) is 17.1 Å². The number of hydrogen-bond donors (Lipinski definition) is 2. The fraction of sp³-hybridized carbons (Fsp3) is 0.231. The molecule has 0 bridgehead atoms. The number of rotatable bonds is 5. The molecule has 19 heavy (non-hydrogen) atoms. The smallest absolute Gasteiger partial charge is 0.352 e. The first-order valence-corrected chi connectivity index (χ1v) is 5.43. The second-order valence-electron chi connectivity index (χ2n) is 3.63.